The van der Waals surface area contributed by atoms with Gasteiger partial charge < -0.3 is 20.3 Å². The molecule has 0 saturated carbocycles. The van der Waals surface area contributed by atoms with Crippen LogP contribution in [-0.2, 0) is 27.2 Å². The molecule has 0 radical (unpaired) electrons. The van der Waals surface area contributed by atoms with Crippen LogP contribution >= 0.6 is 0 Å². The Labute approximate surface area is 207 Å². The Morgan fingerprint density at radius 2 is 1.83 bits per heavy atom. The van der Waals surface area contributed by atoms with Gasteiger partial charge in [0.1, 0.15) is 6.04 Å². The zero-order chi connectivity index (χ0) is 25.9. The van der Waals surface area contributed by atoms with Crippen LogP contribution in [0.5, 0.6) is 0 Å². The van der Waals surface area contributed by atoms with Gasteiger partial charge in [-0.1, -0.05) is 42.5 Å². The van der Waals surface area contributed by atoms with Crippen molar-refractivity contribution in [3.8, 4) is 0 Å². The minimum Gasteiger partial charge on any atom is -0.480 e. The third-order valence-electron chi connectivity index (χ3n) is 6.19. The van der Waals surface area contributed by atoms with Crippen molar-refractivity contribution in [2.45, 2.75) is 38.1 Å². The number of likely N-dealkylation sites (tertiary alicyclic amines) is 1. The molecule has 1 aliphatic heterocycles. The molecule has 4 N–H and O–H groups in total. The van der Waals surface area contributed by atoms with Crippen molar-refractivity contribution in [3.05, 3.63) is 76.7 Å². The number of H-pyrrole nitrogens is 1. The fourth-order valence-corrected chi connectivity index (χ4v) is 4.41. The summed E-state index contributed by atoms with van der Waals surface area (Å²) in [6, 6.07) is 12.7. The summed E-state index contributed by atoms with van der Waals surface area (Å²) >= 11 is 0. The van der Waals surface area contributed by atoms with Crippen molar-refractivity contribution in [1.82, 2.24) is 20.2 Å². The van der Waals surface area contributed by atoms with Crippen LogP contribution in [0.2, 0.25) is 0 Å². The Bertz CT molecular complexity index is 1210. The van der Waals surface area contributed by atoms with Crippen LogP contribution in [0.15, 0.2) is 55.0 Å². The lowest BCUT2D eigenvalue weighted by Crippen LogP contribution is -2.46. The molecular formula is C25H29N7O4. The first-order valence-electron chi connectivity index (χ1n) is 11.7. The van der Waals surface area contributed by atoms with Crippen molar-refractivity contribution in [3.63, 3.8) is 0 Å². The van der Waals surface area contributed by atoms with Crippen molar-refractivity contribution in [2.24, 2.45) is 5.92 Å². The van der Waals surface area contributed by atoms with Crippen molar-refractivity contribution < 1.29 is 19.5 Å². The standard InChI is InChI=1S/C25H28N4O4.HN3/c30-23(29-10-3-4-11-29)13-19(12-18-8-5-7-17-6-1-2-9-21(17)18)24(31)28-22(25(32)33)14-20-15-26-16-27-20;1-3-2/h1-2,5-9,15-16,19,22H,3-4,10-14H2,(H,26,27)(H,28,31)(H,32,33);1H/t19?,22-;/m0./s1. The second-order valence-corrected chi connectivity index (χ2v) is 8.61. The van der Waals surface area contributed by atoms with E-state index in [1.165, 1.54) is 12.5 Å². The summed E-state index contributed by atoms with van der Waals surface area (Å²) in [5, 5.41) is 14.4. The molecule has 1 saturated heterocycles. The number of aromatic amines is 1. The first-order chi connectivity index (χ1) is 17.4. The lowest BCUT2D eigenvalue weighted by Gasteiger charge is -2.23. The Hall–Kier alpha value is -4.37. The van der Waals surface area contributed by atoms with E-state index in [2.05, 4.69) is 15.3 Å². The number of rotatable bonds is 9. The Morgan fingerprint density at radius 1 is 1.14 bits per heavy atom. The molecule has 0 bridgehead atoms. The van der Waals surface area contributed by atoms with Gasteiger partial charge in [0, 0.05) is 37.8 Å². The largest absolute Gasteiger partial charge is 0.480 e. The van der Waals surface area contributed by atoms with E-state index in [4.69, 9.17) is 11.1 Å². The van der Waals surface area contributed by atoms with Crippen LogP contribution in [0, 0.1) is 11.4 Å². The highest BCUT2D eigenvalue weighted by Crippen LogP contribution is 2.24. The van der Waals surface area contributed by atoms with Gasteiger partial charge in [-0.3, -0.25) is 9.59 Å². The van der Waals surface area contributed by atoms with Gasteiger partial charge in [-0.05, 0) is 46.0 Å². The number of amides is 2. The van der Waals surface area contributed by atoms with Crippen LogP contribution in [-0.4, -0.2) is 56.9 Å². The highest BCUT2D eigenvalue weighted by molar-refractivity contribution is 5.90. The van der Waals surface area contributed by atoms with Crippen LogP contribution in [0.1, 0.15) is 30.5 Å². The molecule has 2 atom stereocenters. The van der Waals surface area contributed by atoms with Crippen molar-refractivity contribution in [2.75, 3.05) is 13.1 Å². The smallest absolute Gasteiger partial charge is 0.326 e. The third-order valence-corrected chi connectivity index (χ3v) is 6.19. The minimum atomic E-state index is -1.13. The summed E-state index contributed by atoms with van der Waals surface area (Å²) in [4.78, 5) is 48.4. The van der Waals surface area contributed by atoms with Gasteiger partial charge in [0.2, 0.25) is 11.8 Å². The fourth-order valence-electron chi connectivity index (χ4n) is 4.41. The number of carboxylic acid groups (broad SMARTS) is 1. The van der Waals surface area contributed by atoms with Gasteiger partial charge in [-0.25, -0.2) is 9.78 Å². The number of aromatic nitrogens is 2. The zero-order valence-electron chi connectivity index (χ0n) is 19.8. The Balaban J connectivity index is 0.00000115. The Kier molecular flexibility index (Phi) is 9.41. The highest BCUT2D eigenvalue weighted by atomic mass is 16.4. The quantitative estimate of drug-likeness (QED) is 0.203. The molecule has 0 spiro atoms. The minimum absolute atomic E-state index is 0.0471. The summed E-state index contributed by atoms with van der Waals surface area (Å²) in [7, 11) is 0. The molecule has 2 aromatic carbocycles. The van der Waals surface area contributed by atoms with Gasteiger partial charge in [-0.15, -0.1) is 5.53 Å². The van der Waals surface area contributed by atoms with E-state index in [1.807, 2.05) is 42.5 Å². The van der Waals surface area contributed by atoms with Crippen LogP contribution < -0.4 is 5.32 Å². The molecule has 36 heavy (non-hydrogen) atoms. The molecule has 4 rings (SSSR count). The lowest BCUT2D eigenvalue weighted by molar-refractivity contribution is -0.143. The maximum Gasteiger partial charge on any atom is 0.326 e. The molecular weight excluding hydrogens is 462 g/mol. The molecule has 11 nitrogen and oxygen atoms in total. The number of fused-ring (bicyclic) bond motifs is 1. The first kappa shape index (κ1) is 26.2. The van der Waals surface area contributed by atoms with Gasteiger partial charge in [0.15, 0.2) is 0 Å². The first-order valence-corrected chi connectivity index (χ1v) is 11.7. The van der Waals surface area contributed by atoms with Crippen molar-refractivity contribution in [1.29, 1.82) is 5.53 Å². The van der Waals surface area contributed by atoms with Gasteiger partial charge >= 0.3 is 5.97 Å². The predicted octanol–water partition coefficient (Wildman–Crippen LogP) is 3.42. The molecule has 1 unspecified atom stereocenters. The van der Waals surface area contributed by atoms with E-state index in [9.17, 15) is 19.5 Å². The van der Waals surface area contributed by atoms with Gasteiger partial charge in [0.25, 0.3) is 0 Å². The van der Waals surface area contributed by atoms with Crippen LogP contribution in [0.3, 0.4) is 0 Å². The molecule has 0 aliphatic carbocycles. The SMILES string of the molecule is O=C(N[C@@H](Cc1cnc[nH]1)C(=O)O)C(CC(=O)N1CCCC1)Cc1cccc2ccccc12.[N-]=[N+]=N. The van der Waals surface area contributed by atoms with E-state index in [0.717, 1.165) is 29.2 Å². The number of hydrogen-bond acceptors (Lipinski definition) is 5. The number of carbonyl (C=O) groups excluding carboxylic acids is 2. The topological polar surface area (TPSA) is 176 Å². The average molecular weight is 492 g/mol. The molecule has 1 aliphatic rings. The van der Waals surface area contributed by atoms with E-state index in [1.54, 1.807) is 9.81 Å². The number of carboxylic acids is 1. The summed E-state index contributed by atoms with van der Waals surface area (Å²) < 4.78 is 0. The number of nitrogens with zero attached hydrogens (tertiary/aromatic N) is 4. The molecule has 1 fully saturated rings. The predicted molar refractivity (Wildman–Crippen MR) is 133 cm³/mol. The number of nitrogens with one attached hydrogen (secondary N) is 3. The Morgan fingerprint density at radius 3 is 2.50 bits per heavy atom. The number of carbonyl (C=O) groups is 3. The number of aliphatic carboxylic acids is 1. The molecule has 2 amide bonds. The maximum atomic E-state index is 13.3. The van der Waals surface area contributed by atoms with E-state index in [0.29, 0.717) is 25.2 Å². The molecule has 3 aromatic rings. The average Bonchev–Trinajstić information content (AvgIpc) is 3.58. The number of benzene rings is 2. The second kappa shape index (κ2) is 12.9. The summed E-state index contributed by atoms with van der Waals surface area (Å²) in [5.41, 5.74) is 13.8. The molecule has 188 valence electrons. The number of hydrogen-bond donors (Lipinski definition) is 4. The zero-order valence-corrected chi connectivity index (χ0v) is 19.8. The second-order valence-electron chi connectivity index (χ2n) is 8.61. The third kappa shape index (κ3) is 7.07. The lowest BCUT2D eigenvalue weighted by atomic mass is 9.91. The molecule has 11 heteroatoms. The summed E-state index contributed by atoms with van der Waals surface area (Å²) in [6.07, 6.45) is 5.42. The van der Waals surface area contributed by atoms with Gasteiger partial charge in [0.05, 0.1) is 12.2 Å². The maximum absolute atomic E-state index is 13.3. The van der Waals surface area contributed by atoms with E-state index in [-0.39, 0.29) is 18.7 Å². The summed E-state index contributed by atoms with van der Waals surface area (Å²) in [6.45, 7) is 1.41. The fraction of sp³-hybridized carbons (Fsp3) is 0.360. The van der Waals surface area contributed by atoms with Crippen LogP contribution in [0.25, 0.3) is 21.2 Å². The monoisotopic (exact) mass is 491 g/mol. The van der Waals surface area contributed by atoms with E-state index >= 15 is 0 Å². The van der Waals surface area contributed by atoms with Crippen LogP contribution in [0.4, 0.5) is 0 Å². The summed E-state index contributed by atoms with van der Waals surface area (Å²) in [5.74, 6) is -2.30. The molecule has 1 aromatic heterocycles. The van der Waals surface area contributed by atoms with E-state index < -0.39 is 23.8 Å². The normalized spacial score (nSPS) is 14.3. The van der Waals surface area contributed by atoms with Crippen molar-refractivity contribution >= 4 is 28.6 Å². The number of imidazole rings is 1. The van der Waals surface area contributed by atoms with Gasteiger partial charge in [-0.2, -0.15) is 0 Å². The highest BCUT2D eigenvalue weighted by Gasteiger charge is 2.30. The molecule has 2 heterocycles.